The van der Waals surface area contributed by atoms with Crippen LogP contribution in [0.3, 0.4) is 0 Å². The summed E-state index contributed by atoms with van der Waals surface area (Å²) >= 11 is 7.63. The summed E-state index contributed by atoms with van der Waals surface area (Å²) in [4.78, 5) is 16.7. The molecule has 3 rings (SSSR count). The maximum Gasteiger partial charge on any atom is 0.339 e. The highest BCUT2D eigenvalue weighted by molar-refractivity contribution is 7.10. The molecule has 0 fully saturated rings. The van der Waals surface area contributed by atoms with E-state index in [1.54, 1.807) is 11.3 Å². The number of rotatable bonds is 3. The second kappa shape index (κ2) is 5.42. The molecule has 0 saturated carbocycles. The Hall–Kier alpha value is -1.59. The largest absolute Gasteiger partial charge is 0.478 e. The Morgan fingerprint density at radius 3 is 3.10 bits per heavy atom. The first-order valence-electron chi connectivity index (χ1n) is 6.38. The van der Waals surface area contributed by atoms with E-state index in [1.165, 1.54) is 22.6 Å². The standard InChI is InChI=1S/C14H13ClN2O2S/c15-12-5-4-9(14(18)19)13(17-12)16-10-2-1-3-11-8(10)6-7-20-11/h4-7,10H,1-3H2,(H,16,17)(H,18,19). The monoisotopic (exact) mass is 308 g/mol. The molecule has 20 heavy (non-hydrogen) atoms. The Kier molecular flexibility index (Phi) is 3.63. The highest BCUT2D eigenvalue weighted by Crippen LogP contribution is 2.35. The van der Waals surface area contributed by atoms with Gasteiger partial charge in [-0.25, -0.2) is 9.78 Å². The van der Waals surface area contributed by atoms with Gasteiger partial charge in [0, 0.05) is 4.88 Å². The fourth-order valence-electron chi connectivity index (χ4n) is 2.52. The van der Waals surface area contributed by atoms with Gasteiger partial charge < -0.3 is 10.4 Å². The van der Waals surface area contributed by atoms with Gasteiger partial charge in [-0.1, -0.05) is 11.6 Å². The summed E-state index contributed by atoms with van der Waals surface area (Å²) in [5.74, 6) is -0.660. The molecule has 0 bridgehead atoms. The van der Waals surface area contributed by atoms with Gasteiger partial charge in [-0.15, -0.1) is 11.3 Å². The van der Waals surface area contributed by atoms with Crippen LogP contribution in [0.1, 0.15) is 39.7 Å². The molecular weight excluding hydrogens is 296 g/mol. The number of hydrogen-bond donors (Lipinski definition) is 2. The van der Waals surface area contributed by atoms with Crippen LogP contribution in [-0.2, 0) is 6.42 Å². The quantitative estimate of drug-likeness (QED) is 0.842. The first-order chi connectivity index (χ1) is 9.65. The average Bonchev–Trinajstić information content (AvgIpc) is 2.88. The van der Waals surface area contributed by atoms with Gasteiger partial charge in [0.2, 0.25) is 0 Å². The highest BCUT2D eigenvalue weighted by atomic mass is 35.5. The minimum atomic E-state index is -1.00. The third-order valence-corrected chi connectivity index (χ3v) is 4.66. The fraction of sp³-hybridized carbons (Fsp3) is 0.286. The molecule has 4 nitrogen and oxygen atoms in total. The fourth-order valence-corrected chi connectivity index (χ4v) is 3.65. The molecule has 0 radical (unpaired) electrons. The van der Waals surface area contributed by atoms with Crippen molar-refractivity contribution in [2.24, 2.45) is 0 Å². The molecule has 6 heteroatoms. The van der Waals surface area contributed by atoms with Crippen molar-refractivity contribution in [1.82, 2.24) is 4.98 Å². The molecule has 104 valence electrons. The molecule has 1 unspecified atom stereocenters. The molecule has 2 heterocycles. The lowest BCUT2D eigenvalue weighted by Gasteiger charge is -2.24. The summed E-state index contributed by atoms with van der Waals surface area (Å²) in [6, 6.07) is 5.18. The van der Waals surface area contributed by atoms with Crippen LogP contribution in [0, 0.1) is 0 Å². The zero-order valence-corrected chi connectivity index (χ0v) is 12.2. The van der Waals surface area contributed by atoms with E-state index in [4.69, 9.17) is 11.6 Å². The number of aromatic carboxylic acids is 1. The van der Waals surface area contributed by atoms with Crippen LogP contribution in [0.4, 0.5) is 5.82 Å². The number of carboxylic acid groups (broad SMARTS) is 1. The van der Waals surface area contributed by atoms with Crippen molar-refractivity contribution in [3.05, 3.63) is 44.7 Å². The van der Waals surface area contributed by atoms with Gasteiger partial charge in [0.1, 0.15) is 16.5 Å². The Morgan fingerprint density at radius 1 is 1.45 bits per heavy atom. The summed E-state index contributed by atoms with van der Waals surface area (Å²) in [5.41, 5.74) is 1.40. The zero-order chi connectivity index (χ0) is 14.1. The maximum atomic E-state index is 11.2. The van der Waals surface area contributed by atoms with E-state index in [0.29, 0.717) is 11.0 Å². The molecule has 0 spiro atoms. The third kappa shape index (κ3) is 2.51. The number of nitrogens with zero attached hydrogens (tertiary/aromatic N) is 1. The normalized spacial score (nSPS) is 17.6. The Labute approximate surface area is 125 Å². The molecule has 1 aliphatic carbocycles. The van der Waals surface area contributed by atoms with Crippen LogP contribution in [0.2, 0.25) is 5.15 Å². The van der Waals surface area contributed by atoms with Crippen LogP contribution in [0.25, 0.3) is 0 Å². The number of aromatic nitrogens is 1. The lowest BCUT2D eigenvalue weighted by atomic mass is 9.94. The van der Waals surface area contributed by atoms with Gasteiger partial charge in [-0.2, -0.15) is 0 Å². The van der Waals surface area contributed by atoms with Gasteiger partial charge >= 0.3 is 5.97 Å². The zero-order valence-electron chi connectivity index (χ0n) is 10.6. The smallest absolute Gasteiger partial charge is 0.339 e. The Bertz CT molecular complexity index is 656. The minimum Gasteiger partial charge on any atom is -0.478 e. The molecule has 1 aliphatic rings. The van der Waals surface area contributed by atoms with Crippen molar-refractivity contribution >= 4 is 34.7 Å². The number of hydrogen-bond acceptors (Lipinski definition) is 4. The summed E-state index contributed by atoms with van der Waals surface area (Å²) < 4.78 is 0. The maximum absolute atomic E-state index is 11.2. The van der Waals surface area contributed by atoms with Gasteiger partial charge in [0.15, 0.2) is 0 Å². The molecule has 0 saturated heterocycles. The minimum absolute atomic E-state index is 0.106. The van der Waals surface area contributed by atoms with Gasteiger partial charge in [-0.05, 0) is 48.4 Å². The van der Waals surface area contributed by atoms with Gasteiger partial charge in [-0.3, -0.25) is 0 Å². The first kappa shape index (κ1) is 13.4. The number of fused-ring (bicyclic) bond motifs is 1. The summed E-state index contributed by atoms with van der Waals surface area (Å²) in [7, 11) is 0. The van der Waals surface area contributed by atoms with E-state index in [2.05, 4.69) is 21.7 Å². The van der Waals surface area contributed by atoms with Crippen LogP contribution in [0.15, 0.2) is 23.6 Å². The Morgan fingerprint density at radius 2 is 2.30 bits per heavy atom. The van der Waals surface area contributed by atoms with Crippen LogP contribution in [-0.4, -0.2) is 16.1 Å². The number of carboxylic acids is 1. The van der Waals surface area contributed by atoms with Crippen LogP contribution < -0.4 is 5.32 Å². The number of pyridine rings is 1. The van der Waals surface area contributed by atoms with Crippen LogP contribution >= 0.6 is 22.9 Å². The van der Waals surface area contributed by atoms with Crippen molar-refractivity contribution in [1.29, 1.82) is 0 Å². The molecule has 2 aromatic heterocycles. The number of thiophene rings is 1. The molecule has 0 aromatic carbocycles. The van der Waals surface area contributed by atoms with Gasteiger partial charge in [0.05, 0.1) is 6.04 Å². The van der Waals surface area contributed by atoms with Crippen molar-refractivity contribution in [2.45, 2.75) is 25.3 Å². The van der Waals surface area contributed by atoms with Crippen molar-refractivity contribution < 1.29 is 9.90 Å². The average molecular weight is 309 g/mol. The van der Waals surface area contributed by atoms with E-state index in [-0.39, 0.29) is 11.6 Å². The van der Waals surface area contributed by atoms with E-state index < -0.39 is 5.97 Å². The van der Waals surface area contributed by atoms with E-state index >= 15 is 0 Å². The topological polar surface area (TPSA) is 62.2 Å². The molecule has 0 aliphatic heterocycles. The number of aryl methyl sites for hydroxylation is 1. The van der Waals surface area contributed by atoms with Gasteiger partial charge in [0.25, 0.3) is 0 Å². The van der Waals surface area contributed by atoms with E-state index in [0.717, 1.165) is 19.3 Å². The first-order valence-corrected chi connectivity index (χ1v) is 7.63. The lowest BCUT2D eigenvalue weighted by molar-refractivity contribution is 0.0697. The Balaban J connectivity index is 1.93. The summed E-state index contributed by atoms with van der Waals surface area (Å²) in [6.07, 6.45) is 3.16. The number of carbonyl (C=O) groups is 1. The SMILES string of the molecule is O=C(O)c1ccc(Cl)nc1NC1CCCc2sccc21. The molecule has 2 N–H and O–H groups in total. The van der Waals surface area contributed by atoms with Crippen molar-refractivity contribution in [2.75, 3.05) is 5.32 Å². The van der Waals surface area contributed by atoms with Crippen LogP contribution in [0.5, 0.6) is 0 Å². The predicted octanol–water partition coefficient (Wildman–Crippen LogP) is 3.98. The molecule has 1 atom stereocenters. The van der Waals surface area contributed by atoms with Crippen molar-refractivity contribution in [3.63, 3.8) is 0 Å². The molecule has 0 amide bonds. The van der Waals surface area contributed by atoms with Crippen molar-refractivity contribution in [3.8, 4) is 0 Å². The molecular formula is C14H13ClN2O2S. The lowest BCUT2D eigenvalue weighted by Crippen LogP contribution is -2.18. The second-order valence-corrected chi connectivity index (χ2v) is 6.11. The summed E-state index contributed by atoms with van der Waals surface area (Å²) in [5, 5.41) is 14.8. The summed E-state index contributed by atoms with van der Waals surface area (Å²) in [6.45, 7) is 0. The number of halogens is 1. The van der Waals surface area contributed by atoms with E-state index in [9.17, 15) is 9.90 Å². The van der Waals surface area contributed by atoms with E-state index in [1.807, 2.05) is 0 Å². The second-order valence-electron chi connectivity index (χ2n) is 4.72. The number of nitrogens with one attached hydrogen (secondary N) is 1. The highest BCUT2D eigenvalue weighted by Gasteiger charge is 2.23. The third-order valence-electron chi connectivity index (χ3n) is 3.45. The predicted molar refractivity (Wildman–Crippen MR) is 79.8 cm³/mol. The number of anilines is 1. The molecule has 2 aromatic rings.